The van der Waals surface area contributed by atoms with E-state index in [9.17, 15) is 9.59 Å². The molecule has 0 unspecified atom stereocenters. The van der Waals surface area contributed by atoms with E-state index in [4.69, 9.17) is 5.10 Å². The predicted molar refractivity (Wildman–Crippen MR) is 103 cm³/mol. The van der Waals surface area contributed by atoms with Gasteiger partial charge in [0.1, 0.15) is 5.82 Å². The third-order valence-corrected chi connectivity index (χ3v) is 5.25. The van der Waals surface area contributed by atoms with Gasteiger partial charge < -0.3 is 10.6 Å². The molecule has 4 rings (SSSR count). The Morgan fingerprint density at radius 3 is 2.74 bits per heavy atom. The van der Waals surface area contributed by atoms with Gasteiger partial charge in [0.05, 0.1) is 24.5 Å². The van der Waals surface area contributed by atoms with Crippen molar-refractivity contribution in [3.63, 3.8) is 0 Å². The maximum Gasteiger partial charge on any atom is 0.239 e. The van der Waals surface area contributed by atoms with Crippen molar-refractivity contribution in [2.75, 3.05) is 31.5 Å². The summed E-state index contributed by atoms with van der Waals surface area (Å²) in [5.74, 6) is 0.998. The minimum atomic E-state index is -0.125. The monoisotopic (exact) mass is 367 g/mol. The predicted octanol–water partition coefficient (Wildman–Crippen LogP) is 1.90. The molecular formula is C20H25N5O2. The van der Waals surface area contributed by atoms with Crippen molar-refractivity contribution in [1.82, 2.24) is 20.0 Å². The molecule has 1 aromatic carbocycles. The standard InChI is InChI=1S/C20H25N5O2/c26-19-13-24(11-10-21-19)14-20(27)22-18-12-17(15-6-4-5-7-15)23-25(18)16-8-2-1-3-9-16/h1-3,8-9,12,15H,4-7,10-11,13-14H2,(H,21,26)(H,22,27). The summed E-state index contributed by atoms with van der Waals surface area (Å²) in [5.41, 5.74) is 1.97. The van der Waals surface area contributed by atoms with Gasteiger partial charge in [0, 0.05) is 25.1 Å². The number of para-hydroxylation sites is 1. The average Bonchev–Trinajstić information content (AvgIpc) is 3.32. The van der Waals surface area contributed by atoms with Crippen LogP contribution in [0.1, 0.15) is 37.3 Å². The van der Waals surface area contributed by atoms with Gasteiger partial charge in [0.2, 0.25) is 11.8 Å². The maximum atomic E-state index is 12.6. The number of piperazine rings is 1. The Bertz CT molecular complexity index is 811. The van der Waals surface area contributed by atoms with Gasteiger partial charge in [-0.05, 0) is 25.0 Å². The highest BCUT2D eigenvalue weighted by molar-refractivity contribution is 5.92. The third kappa shape index (κ3) is 4.19. The number of nitrogens with zero attached hydrogens (tertiary/aromatic N) is 3. The second-order valence-electron chi connectivity index (χ2n) is 7.29. The van der Waals surface area contributed by atoms with Crippen molar-refractivity contribution < 1.29 is 9.59 Å². The van der Waals surface area contributed by atoms with Gasteiger partial charge in [-0.3, -0.25) is 14.5 Å². The molecule has 1 aliphatic heterocycles. The van der Waals surface area contributed by atoms with Crippen molar-refractivity contribution in [3.8, 4) is 5.69 Å². The molecule has 27 heavy (non-hydrogen) atoms. The van der Waals surface area contributed by atoms with Crippen molar-refractivity contribution in [2.45, 2.75) is 31.6 Å². The number of carbonyl (C=O) groups is 2. The molecule has 0 spiro atoms. The Labute approximate surface area is 158 Å². The highest BCUT2D eigenvalue weighted by Gasteiger charge is 2.23. The van der Waals surface area contributed by atoms with Gasteiger partial charge in [0.15, 0.2) is 0 Å². The number of carbonyl (C=O) groups excluding carboxylic acids is 2. The minimum Gasteiger partial charge on any atom is -0.354 e. The van der Waals surface area contributed by atoms with Crippen molar-refractivity contribution in [3.05, 3.63) is 42.1 Å². The number of benzene rings is 1. The summed E-state index contributed by atoms with van der Waals surface area (Å²) >= 11 is 0. The first-order valence-corrected chi connectivity index (χ1v) is 9.63. The largest absolute Gasteiger partial charge is 0.354 e. The minimum absolute atomic E-state index is 0.0353. The topological polar surface area (TPSA) is 79.3 Å². The Morgan fingerprint density at radius 1 is 1.22 bits per heavy atom. The van der Waals surface area contributed by atoms with Gasteiger partial charge in [-0.25, -0.2) is 4.68 Å². The number of anilines is 1. The zero-order chi connectivity index (χ0) is 18.6. The molecule has 0 bridgehead atoms. The van der Waals surface area contributed by atoms with Crippen LogP contribution < -0.4 is 10.6 Å². The first-order valence-electron chi connectivity index (χ1n) is 9.63. The van der Waals surface area contributed by atoms with Crippen LogP contribution in [0.4, 0.5) is 5.82 Å². The molecule has 2 heterocycles. The lowest BCUT2D eigenvalue weighted by Gasteiger charge is -2.25. The van der Waals surface area contributed by atoms with Crippen LogP contribution in [-0.4, -0.2) is 52.7 Å². The van der Waals surface area contributed by atoms with E-state index < -0.39 is 0 Å². The molecule has 1 aliphatic carbocycles. The number of nitrogens with one attached hydrogen (secondary N) is 2. The molecule has 0 radical (unpaired) electrons. The summed E-state index contributed by atoms with van der Waals surface area (Å²) in [5, 5.41) is 10.6. The smallest absolute Gasteiger partial charge is 0.239 e. The molecule has 2 fully saturated rings. The number of hydrogen-bond donors (Lipinski definition) is 2. The number of hydrogen-bond acceptors (Lipinski definition) is 4. The molecular weight excluding hydrogens is 342 g/mol. The Balaban J connectivity index is 1.53. The molecule has 1 aromatic heterocycles. The maximum absolute atomic E-state index is 12.6. The van der Waals surface area contributed by atoms with E-state index in [1.807, 2.05) is 46.0 Å². The van der Waals surface area contributed by atoms with E-state index in [1.165, 1.54) is 12.8 Å². The van der Waals surface area contributed by atoms with Crippen LogP contribution in [0.2, 0.25) is 0 Å². The number of amides is 2. The lowest BCUT2D eigenvalue weighted by atomic mass is 10.0. The van der Waals surface area contributed by atoms with Crippen LogP contribution >= 0.6 is 0 Å². The Kier molecular flexibility index (Phi) is 5.20. The average molecular weight is 367 g/mol. The van der Waals surface area contributed by atoms with E-state index in [-0.39, 0.29) is 24.9 Å². The highest BCUT2D eigenvalue weighted by atomic mass is 16.2. The molecule has 7 nitrogen and oxygen atoms in total. The molecule has 7 heteroatoms. The highest BCUT2D eigenvalue weighted by Crippen LogP contribution is 2.35. The SMILES string of the molecule is O=C1CN(CC(=O)Nc2cc(C3CCCC3)nn2-c2ccccc2)CCN1. The van der Waals surface area contributed by atoms with Crippen molar-refractivity contribution in [1.29, 1.82) is 0 Å². The summed E-state index contributed by atoms with van der Waals surface area (Å²) in [6.45, 7) is 1.73. The van der Waals surface area contributed by atoms with Gasteiger partial charge in [-0.2, -0.15) is 5.10 Å². The van der Waals surface area contributed by atoms with Crippen LogP contribution in [0.3, 0.4) is 0 Å². The summed E-state index contributed by atoms with van der Waals surface area (Å²) in [4.78, 5) is 25.9. The van der Waals surface area contributed by atoms with Crippen molar-refractivity contribution in [2.24, 2.45) is 0 Å². The lowest BCUT2D eigenvalue weighted by Crippen LogP contribution is -2.49. The summed E-state index contributed by atoms with van der Waals surface area (Å²) < 4.78 is 1.81. The van der Waals surface area contributed by atoms with E-state index in [0.29, 0.717) is 24.8 Å². The number of aromatic nitrogens is 2. The molecule has 142 valence electrons. The van der Waals surface area contributed by atoms with Crippen LogP contribution in [-0.2, 0) is 9.59 Å². The fraction of sp³-hybridized carbons (Fsp3) is 0.450. The summed E-state index contributed by atoms with van der Waals surface area (Å²) in [6.07, 6.45) is 4.79. The molecule has 1 saturated heterocycles. The van der Waals surface area contributed by atoms with Crippen LogP contribution in [0.5, 0.6) is 0 Å². The van der Waals surface area contributed by atoms with Crippen LogP contribution in [0.25, 0.3) is 5.69 Å². The van der Waals surface area contributed by atoms with Gasteiger partial charge in [-0.1, -0.05) is 31.0 Å². The first kappa shape index (κ1) is 17.7. The first-order chi connectivity index (χ1) is 13.2. The molecule has 2 amide bonds. The van der Waals surface area contributed by atoms with Crippen LogP contribution in [0, 0.1) is 0 Å². The second-order valence-corrected chi connectivity index (χ2v) is 7.29. The van der Waals surface area contributed by atoms with E-state index >= 15 is 0 Å². The zero-order valence-electron chi connectivity index (χ0n) is 15.4. The van der Waals surface area contributed by atoms with Crippen LogP contribution in [0.15, 0.2) is 36.4 Å². The van der Waals surface area contributed by atoms with Gasteiger partial charge in [0.25, 0.3) is 0 Å². The normalized spacial score (nSPS) is 18.4. The van der Waals surface area contributed by atoms with Gasteiger partial charge >= 0.3 is 0 Å². The third-order valence-electron chi connectivity index (χ3n) is 5.25. The fourth-order valence-corrected chi connectivity index (χ4v) is 3.89. The zero-order valence-corrected chi connectivity index (χ0v) is 15.4. The Hall–Kier alpha value is -2.67. The van der Waals surface area contributed by atoms with E-state index in [0.717, 1.165) is 24.2 Å². The van der Waals surface area contributed by atoms with Crippen molar-refractivity contribution >= 4 is 17.6 Å². The molecule has 2 aliphatic rings. The Morgan fingerprint density at radius 2 is 2.00 bits per heavy atom. The molecule has 0 atom stereocenters. The second kappa shape index (κ2) is 7.92. The lowest BCUT2D eigenvalue weighted by molar-refractivity contribution is -0.125. The summed E-state index contributed by atoms with van der Waals surface area (Å²) in [7, 11) is 0. The molecule has 2 aromatic rings. The molecule has 2 N–H and O–H groups in total. The summed E-state index contributed by atoms with van der Waals surface area (Å²) in [6, 6.07) is 11.9. The van der Waals surface area contributed by atoms with Gasteiger partial charge in [-0.15, -0.1) is 0 Å². The molecule has 1 saturated carbocycles. The number of rotatable bonds is 5. The van der Waals surface area contributed by atoms with E-state index in [2.05, 4.69) is 10.6 Å². The quantitative estimate of drug-likeness (QED) is 0.846. The fourth-order valence-electron chi connectivity index (χ4n) is 3.89. The van der Waals surface area contributed by atoms with E-state index in [1.54, 1.807) is 0 Å².